The molecule has 4 nitrogen and oxygen atoms in total. The maximum absolute atomic E-state index is 5.72. The summed E-state index contributed by atoms with van der Waals surface area (Å²) < 4.78 is 1.87. The zero-order valence-electron chi connectivity index (χ0n) is 10.4. The molecule has 0 aliphatic heterocycles. The highest BCUT2D eigenvalue weighted by Crippen LogP contribution is 2.17. The van der Waals surface area contributed by atoms with Gasteiger partial charge in [0.25, 0.3) is 0 Å². The van der Waals surface area contributed by atoms with Gasteiger partial charge in [0, 0.05) is 6.20 Å². The molecule has 3 aromatic rings. The summed E-state index contributed by atoms with van der Waals surface area (Å²) in [5.74, 6) is 0.756. The first kappa shape index (κ1) is 11.8. The fourth-order valence-electron chi connectivity index (χ4n) is 2.07. The summed E-state index contributed by atoms with van der Waals surface area (Å²) >= 11 is 5.05. The van der Waals surface area contributed by atoms with Crippen LogP contribution >= 0.6 is 12.2 Å². The molecule has 0 aliphatic carbocycles. The lowest BCUT2D eigenvalue weighted by molar-refractivity contribution is 0.965. The van der Waals surface area contributed by atoms with E-state index in [1.165, 1.54) is 0 Å². The molecular formula is C14H12N4S. The van der Waals surface area contributed by atoms with Gasteiger partial charge >= 0.3 is 0 Å². The van der Waals surface area contributed by atoms with Crippen molar-refractivity contribution in [3.63, 3.8) is 0 Å². The predicted molar refractivity (Wildman–Crippen MR) is 79.5 cm³/mol. The molecule has 19 heavy (non-hydrogen) atoms. The minimum Gasteiger partial charge on any atom is -0.388 e. The Kier molecular flexibility index (Phi) is 2.76. The van der Waals surface area contributed by atoms with Gasteiger partial charge in [0.15, 0.2) is 5.82 Å². The number of aromatic nitrogens is 3. The summed E-state index contributed by atoms with van der Waals surface area (Å²) in [6.07, 6.45) is 1.89. The number of hydrogen-bond donors (Lipinski definition) is 1. The largest absolute Gasteiger partial charge is 0.388 e. The molecule has 94 valence electrons. The van der Waals surface area contributed by atoms with E-state index in [0.717, 1.165) is 28.2 Å². The molecule has 0 radical (unpaired) electrons. The van der Waals surface area contributed by atoms with Crippen molar-refractivity contribution < 1.29 is 0 Å². The molecule has 0 spiro atoms. The first-order valence-electron chi connectivity index (χ1n) is 5.88. The van der Waals surface area contributed by atoms with Gasteiger partial charge in [0.2, 0.25) is 0 Å². The van der Waals surface area contributed by atoms with Crippen LogP contribution in [0.2, 0.25) is 0 Å². The van der Waals surface area contributed by atoms with Crippen LogP contribution in [0, 0.1) is 6.92 Å². The highest BCUT2D eigenvalue weighted by atomic mass is 32.1. The zero-order chi connectivity index (χ0) is 13.4. The van der Waals surface area contributed by atoms with E-state index in [1.807, 2.05) is 54.1 Å². The Morgan fingerprint density at radius 3 is 2.47 bits per heavy atom. The minimum atomic E-state index is 0.347. The van der Waals surface area contributed by atoms with Crippen LogP contribution in [-0.4, -0.2) is 19.5 Å². The molecule has 5 heteroatoms. The van der Waals surface area contributed by atoms with Crippen LogP contribution in [-0.2, 0) is 0 Å². The lowest BCUT2D eigenvalue weighted by Gasteiger charge is -2.10. The standard InChI is InChI=1S/C14H12N4S/c1-9-14(18-8-4-7-12(18)13(15)19)17-11-6-3-2-5-10(11)16-9/h2-8H,1H3,(H2,15,19). The number of hydrogen-bond acceptors (Lipinski definition) is 3. The van der Waals surface area contributed by atoms with Crippen molar-refractivity contribution in [1.82, 2.24) is 14.5 Å². The highest BCUT2D eigenvalue weighted by Gasteiger charge is 2.11. The van der Waals surface area contributed by atoms with Gasteiger partial charge in [-0.15, -0.1) is 0 Å². The Morgan fingerprint density at radius 1 is 1.11 bits per heavy atom. The second kappa shape index (κ2) is 4.44. The quantitative estimate of drug-likeness (QED) is 0.725. The zero-order valence-corrected chi connectivity index (χ0v) is 11.2. The van der Waals surface area contributed by atoms with Crippen LogP contribution < -0.4 is 5.73 Å². The summed E-state index contributed by atoms with van der Waals surface area (Å²) in [4.78, 5) is 9.56. The summed E-state index contributed by atoms with van der Waals surface area (Å²) in [7, 11) is 0. The van der Waals surface area contributed by atoms with Crippen molar-refractivity contribution in [2.75, 3.05) is 0 Å². The lowest BCUT2D eigenvalue weighted by Crippen LogP contribution is -2.16. The van der Waals surface area contributed by atoms with E-state index in [2.05, 4.69) is 9.97 Å². The Morgan fingerprint density at radius 2 is 1.79 bits per heavy atom. The van der Waals surface area contributed by atoms with Gasteiger partial charge < -0.3 is 5.73 Å². The van der Waals surface area contributed by atoms with Crippen LogP contribution in [0.4, 0.5) is 0 Å². The SMILES string of the molecule is Cc1nc2ccccc2nc1-n1cccc1C(N)=S. The topological polar surface area (TPSA) is 56.7 Å². The van der Waals surface area contributed by atoms with Crippen molar-refractivity contribution in [2.24, 2.45) is 5.73 Å². The third-order valence-corrected chi connectivity index (χ3v) is 3.16. The van der Waals surface area contributed by atoms with E-state index in [-0.39, 0.29) is 0 Å². The van der Waals surface area contributed by atoms with Gasteiger partial charge in [0.1, 0.15) is 4.99 Å². The molecule has 0 amide bonds. The number of benzene rings is 1. The molecule has 0 bridgehead atoms. The fourth-order valence-corrected chi connectivity index (χ4v) is 2.24. The summed E-state index contributed by atoms with van der Waals surface area (Å²) in [6, 6.07) is 11.6. The van der Waals surface area contributed by atoms with Crippen molar-refractivity contribution in [1.29, 1.82) is 0 Å². The third-order valence-electron chi connectivity index (χ3n) is 2.95. The van der Waals surface area contributed by atoms with Gasteiger partial charge in [-0.05, 0) is 31.2 Å². The average molecular weight is 268 g/mol. The molecule has 0 saturated carbocycles. The molecule has 0 aliphatic rings. The summed E-state index contributed by atoms with van der Waals surface area (Å²) in [6.45, 7) is 1.93. The molecule has 0 unspecified atom stereocenters. The summed E-state index contributed by atoms with van der Waals surface area (Å²) in [5, 5.41) is 0. The summed E-state index contributed by atoms with van der Waals surface area (Å²) in [5.41, 5.74) is 9.06. The van der Waals surface area contributed by atoms with Gasteiger partial charge in [-0.1, -0.05) is 24.4 Å². The van der Waals surface area contributed by atoms with Gasteiger partial charge in [-0.25, -0.2) is 9.97 Å². The maximum Gasteiger partial charge on any atom is 0.159 e. The molecule has 0 saturated heterocycles. The van der Waals surface area contributed by atoms with Gasteiger partial charge in [0.05, 0.1) is 22.4 Å². The molecule has 2 aromatic heterocycles. The Balaban J connectivity index is 2.27. The lowest BCUT2D eigenvalue weighted by atomic mass is 10.3. The Labute approximate surface area is 115 Å². The smallest absolute Gasteiger partial charge is 0.159 e. The monoisotopic (exact) mass is 268 g/mol. The molecule has 0 atom stereocenters. The minimum absolute atomic E-state index is 0.347. The Bertz CT molecular complexity index is 776. The van der Waals surface area contributed by atoms with Gasteiger partial charge in [-0.2, -0.15) is 0 Å². The normalized spacial score (nSPS) is 10.8. The Hall–Kier alpha value is -2.27. The van der Waals surface area contributed by atoms with E-state index in [4.69, 9.17) is 18.0 Å². The number of thiocarbonyl (C=S) groups is 1. The van der Waals surface area contributed by atoms with Crippen molar-refractivity contribution in [3.05, 3.63) is 54.0 Å². The van der Waals surface area contributed by atoms with Crippen LogP contribution in [0.25, 0.3) is 16.9 Å². The number of para-hydroxylation sites is 2. The number of fused-ring (bicyclic) bond motifs is 1. The van der Waals surface area contributed by atoms with E-state index >= 15 is 0 Å². The molecule has 2 N–H and O–H groups in total. The molecule has 1 aromatic carbocycles. The first-order valence-corrected chi connectivity index (χ1v) is 6.28. The van der Waals surface area contributed by atoms with E-state index in [0.29, 0.717) is 4.99 Å². The van der Waals surface area contributed by atoms with Crippen molar-refractivity contribution >= 4 is 28.2 Å². The second-order valence-electron chi connectivity index (χ2n) is 4.25. The molecule has 0 fully saturated rings. The maximum atomic E-state index is 5.72. The number of nitrogens with two attached hydrogens (primary N) is 1. The molecule has 3 rings (SSSR count). The van der Waals surface area contributed by atoms with Crippen molar-refractivity contribution in [2.45, 2.75) is 6.92 Å². The predicted octanol–water partition coefficient (Wildman–Crippen LogP) is 2.36. The van der Waals surface area contributed by atoms with E-state index in [1.54, 1.807) is 0 Å². The van der Waals surface area contributed by atoms with Gasteiger partial charge in [-0.3, -0.25) is 4.57 Å². The highest BCUT2D eigenvalue weighted by molar-refractivity contribution is 7.80. The number of aryl methyl sites for hydroxylation is 1. The first-order chi connectivity index (χ1) is 9.16. The molecular weight excluding hydrogens is 256 g/mol. The number of nitrogens with zero attached hydrogens (tertiary/aromatic N) is 3. The fraction of sp³-hybridized carbons (Fsp3) is 0.0714. The van der Waals surface area contributed by atoms with Crippen LogP contribution in [0.1, 0.15) is 11.4 Å². The number of rotatable bonds is 2. The van der Waals surface area contributed by atoms with Crippen molar-refractivity contribution in [3.8, 4) is 5.82 Å². The third kappa shape index (κ3) is 1.98. The van der Waals surface area contributed by atoms with E-state index < -0.39 is 0 Å². The molecule has 2 heterocycles. The average Bonchev–Trinajstić information content (AvgIpc) is 2.87. The van der Waals surface area contributed by atoms with Crippen LogP contribution in [0.3, 0.4) is 0 Å². The van der Waals surface area contributed by atoms with Crippen LogP contribution in [0.5, 0.6) is 0 Å². The van der Waals surface area contributed by atoms with Crippen LogP contribution in [0.15, 0.2) is 42.6 Å². The second-order valence-corrected chi connectivity index (χ2v) is 4.69. The van der Waals surface area contributed by atoms with E-state index in [9.17, 15) is 0 Å².